The summed E-state index contributed by atoms with van der Waals surface area (Å²) in [6.45, 7) is 1.30. The zero-order chi connectivity index (χ0) is 16.2. The van der Waals surface area contributed by atoms with E-state index in [1.165, 1.54) is 12.1 Å². The number of benzene rings is 1. The molecule has 2 rings (SSSR count). The monoisotopic (exact) mass is 333 g/mol. The van der Waals surface area contributed by atoms with E-state index in [0.29, 0.717) is 37.2 Å². The van der Waals surface area contributed by atoms with Crippen LogP contribution in [0, 0.1) is 0 Å². The van der Waals surface area contributed by atoms with E-state index in [2.05, 4.69) is 17.9 Å². The van der Waals surface area contributed by atoms with Gasteiger partial charge in [-0.1, -0.05) is 12.1 Å². The third-order valence-corrected chi connectivity index (χ3v) is 4.00. The Kier molecular flexibility index (Phi) is 5.39. The Morgan fingerprint density at radius 3 is 2.32 bits per heavy atom. The fourth-order valence-electron chi connectivity index (χ4n) is 2.60. The third kappa shape index (κ3) is 3.95. The molecule has 1 fully saturated rings. The fourth-order valence-corrected chi connectivity index (χ4v) is 2.79. The molecule has 0 aromatic heterocycles. The van der Waals surface area contributed by atoms with E-state index in [0.717, 1.165) is 12.1 Å². The van der Waals surface area contributed by atoms with Gasteiger partial charge in [0, 0.05) is 18.6 Å². The van der Waals surface area contributed by atoms with Crippen molar-refractivity contribution in [1.29, 1.82) is 0 Å². The summed E-state index contributed by atoms with van der Waals surface area (Å²) < 4.78 is 43.6. The molecule has 0 amide bonds. The van der Waals surface area contributed by atoms with Gasteiger partial charge in [-0.3, -0.25) is 4.79 Å². The molecule has 0 bridgehead atoms. The molecule has 0 unspecified atom stereocenters. The minimum atomic E-state index is -4.37. The van der Waals surface area contributed by atoms with E-state index >= 15 is 0 Å². The average Bonchev–Trinajstić information content (AvgIpc) is 2.47. The highest BCUT2D eigenvalue weighted by Gasteiger charge is 2.38. The summed E-state index contributed by atoms with van der Waals surface area (Å²) in [5.74, 6) is -0.00279. The molecule has 1 N–H and O–H groups in total. The van der Waals surface area contributed by atoms with E-state index in [9.17, 15) is 18.0 Å². The largest absolute Gasteiger partial charge is 0.454 e. The van der Waals surface area contributed by atoms with Crippen LogP contribution < -0.4 is 5.32 Å². The number of carbonyl (C=O) groups excluding carboxylic acids is 1. The van der Waals surface area contributed by atoms with Crippen LogP contribution in [0.5, 0.6) is 0 Å². The summed E-state index contributed by atoms with van der Waals surface area (Å²) in [5.41, 5.74) is -0.952. The van der Waals surface area contributed by atoms with Crippen LogP contribution in [0.3, 0.4) is 0 Å². The van der Waals surface area contributed by atoms with Crippen LogP contribution in [0.1, 0.15) is 30.4 Å². The van der Waals surface area contributed by atoms with Crippen LogP contribution in [-0.4, -0.2) is 24.8 Å². The summed E-state index contributed by atoms with van der Waals surface area (Å²) >= 11 is 4.00. The molecule has 1 aliphatic rings. The van der Waals surface area contributed by atoms with Crippen molar-refractivity contribution < 1.29 is 22.7 Å². The topological polar surface area (TPSA) is 38.3 Å². The molecule has 122 valence electrons. The summed E-state index contributed by atoms with van der Waals surface area (Å²) in [6, 6.07) is 4.88. The average molecular weight is 333 g/mol. The Labute approximate surface area is 132 Å². The first kappa shape index (κ1) is 17.1. The summed E-state index contributed by atoms with van der Waals surface area (Å²) in [5, 5.41) is 3.16. The molecule has 0 aliphatic carbocycles. The Morgan fingerprint density at radius 2 is 1.82 bits per heavy atom. The number of nitrogens with one attached hydrogen (secondary N) is 1. The molecule has 1 aromatic rings. The zero-order valence-corrected chi connectivity index (χ0v) is 12.8. The Bertz CT molecular complexity index is 511. The molecule has 1 heterocycles. The molecule has 1 aromatic carbocycles. The highest BCUT2D eigenvalue weighted by Crippen LogP contribution is 2.37. The normalized spacial score (nSPS) is 18.0. The van der Waals surface area contributed by atoms with Gasteiger partial charge >= 0.3 is 12.1 Å². The van der Waals surface area contributed by atoms with Crippen LogP contribution in [-0.2, 0) is 21.3 Å². The minimum Gasteiger partial charge on any atom is -0.454 e. The first-order valence-electron chi connectivity index (χ1n) is 7.08. The lowest BCUT2D eigenvalue weighted by Gasteiger charge is -2.37. The Morgan fingerprint density at radius 1 is 1.23 bits per heavy atom. The SMILES string of the molecule is O=C(CCS)OC1(c2ccc(C(F)(F)F)cc2)CCNCC1. The maximum atomic E-state index is 12.7. The second kappa shape index (κ2) is 6.91. The van der Waals surface area contributed by atoms with Gasteiger partial charge in [0.05, 0.1) is 12.0 Å². The minimum absolute atomic E-state index is 0.179. The quantitative estimate of drug-likeness (QED) is 0.657. The first-order chi connectivity index (χ1) is 10.4. The van der Waals surface area contributed by atoms with Crippen LogP contribution in [0.25, 0.3) is 0 Å². The lowest BCUT2D eigenvalue weighted by molar-refractivity contribution is -0.164. The predicted octanol–water partition coefficient (Wildman–Crippen LogP) is 3.15. The van der Waals surface area contributed by atoms with E-state index in [-0.39, 0.29) is 12.4 Å². The van der Waals surface area contributed by atoms with Crippen LogP contribution in [0.15, 0.2) is 24.3 Å². The predicted molar refractivity (Wildman–Crippen MR) is 79.8 cm³/mol. The molecule has 0 radical (unpaired) electrons. The molecular formula is C15H18F3NO2S. The molecule has 0 atom stereocenters. The second-order valence-electron chi connectivity index (χ2n) is 5.27. The van der Waals surface area contributed by atoms with Gasteiger partial charge in [0.1, 0.15) is 5.60 Å². The Hall–Kier alpha value is -1.21. The number of hydrogen-bond acceptors (Lipinski definition) is 4. The van der Waals surface area contributed by atoms with Gasteiger partial charge in [-0.25, -0.2) is 0 Å². The Balaban J connectivity index is 2.27. The molecule has 7 heteroatoms. The molecular weight excluding hydrogens is 315 g/mol. The molecule has 0 spiro atoms. The van der Waals surface area contributed by atoms with Gasteiger partial charge in [0.15, 0.2) is 0 Å². The zero-order valence-electron chi connectivity index (χ0n) is 11.9. The van der Waals surface area contributed by atoms with Crippen LogP contribution in [0.4, 0.5) is 13.2 Å². The van der Waals surface area contributed by atoms with Gasteiger partial charge in [0.2, 0.25) is 0 Å². The number of hydrogen-bond donors (Lipinski definition) is 2. The number of halogens is 3. The van der Waals surface area contributed by atoms with Crippen LogP contribution in [0.2, 0.25) is 0 Å². The van der Waals surface area contributed by atoms with Crippen molar-refractivity contribution in [2.45, 2.75) is 31.0 Å². The number of rotatable bonds is 4. The standard InChI is InChI=1S/C15H18F3NO2S/c16-15(17,18)12-3-1-11(2-4-12)14(6-8-19-9-7-14)21-13(20)5-10-22/h1-4,19,22H,5-10H2. The molecule has 0 saturated carbocycles. The highest BCUT2D eigenvalue weighted by atomic mass is 32.1. The van der Waals surface area contributed by atoms with Crippen molar-refractivity contribution in [2.24, 2.45) is 0 Å². The number of esters is 1. The van der Waals surface area contributed by atoms with Crippen LogP contribution >= 0.6 is 12.6 Å². The van der Waals surface area contributed by atoms with E-state index in [4.69, 9.17) is 4.74 Å². The number of carbonyl (C=O) groups is 1. The molecule has 3 nitrogen and oxygen atoms in total. The highest BCUT2D eigenvalue weighted by molar-refractivity contribution is 7.80. The number of thiol groups is 1. The number of alkyl halides is 3. The lowest BCUT2D eigenvalue weighted by atomic mass is 9.84. The third-order valence-electron chi connectivity index (χ3n) is 3.77. The summed E-state index contributed by atoms with van der Waals surface area (Å²) in [6.07, 6.45) is -3.12. The second-order valence-corrected chi connectivity index (χ2v) is 5.71. The summed E-state index contributed by atoms with van der Waals surface area (Å²) in [4.78, 5) is 11.8. The van der Waals surface area contributed by atoms with Crippen molar-refractivity contribution >= 4 is 18.6 Å². The van der Waals surface area contributed by atoms with Crippen molar-refractivity contribution in [3.63, 3.8) is 0 Å². The molecule has 22 heavy (non-hydrogen) atoms. The van der Waals surface area contributed by atoms with Crippen molar-refractivity contribution in [3.05, 3.63) is 35.4 Å². The van der Waals surface area contributed by atoms with E-state index in [1.54, 1.807) is 0 Å². The number of piperidine rings is 1. The fraction of sp³-hybridized carbons (Fsp3) is 0.533. The van der Waals surface area contributed by atoms with E-state index < -0.39 is 17.3 Å². The van der Waals surface area contributed by atoms with Crippen molar-refractivity contribution in [2.75, 3.05) is 18.8 Å². The smallest absolute Gasteiger partial charge is 0.416 e. The van der Waals surface area contributed by atoms with Gasteiger partial charge < -0.3 is 10.1 Å². The maximum absolute atomic E-state index is 12.7. The van der Waals surface area contributed by atoms with Crippen molar-refractivity contribution in [1.82, 2.24) is 5.32 Å². The van der Waals surface area contributed by atoms with Gasteiger partial charge in [-0.2, -0.15) is 25.8 Å². The molecule has 1 aliphatic heterocycles. The van der Waals surface area contributed by atoms with Gasteiger partial charge in [-0.15, -0.1) is 0 Å². The van der Waals surface area contributed by atoms with Gasteiger partial charge in [0.25, 0.3) is 0 Å². The molecule has 1 saturated heterocycles. The lowest BCUT2D eigenvalue weighted by Crippen LogP contribution is -2.43. The maximum Gasteiger partial charge on any atom is 0.416 e. The first-order valence-corrected chi connectivity index (χ1v) is 7.72. The van der Waals surface area contributed by atoms with Gasteiger partial charge in [-0.05, 0) is 30.8 Å². The summed E-state index contributed by atoms with van der Waals surface area (Å²) in [7, 11) is 0. The van der Waals surface area contributed by atoms with E-state index in [1.807, 2.05) is 0 Å². The number of ether oxygens (including phenoxy) is 1. The van der Waals surface area contributed by atoms with Crippen molar-refractivity contribution in [3.8, 4) is 0 Å².